The summed E-state index contributed by atoms with van der Waals surface area (Å²) in [6.45, 7) is 7.86. The highest BCUT2D eigenvalue weighted by Gasteiger charge is 2.11. The predicted molar refractivity (Wildman–Crippen MR) is 65.2 cm³/mol. The average molecular weight is 246 g/mol. The van der Waals surface area contributed by atoms with Crippen molar-refractivity contribution in [1.29, 1.82) is 0 Å². The molecular weight excluding hydrogens is 224 g/mol. The molecule has 16 heavy (non-hydrogen) atoms. The molecule has 0 spiro atoms. The average Bonchev–Trinajstić information content (AvgIpc) is 2.71. The van der Waals surface area contributed by atoms with E-state index in [9.17, 15) is 0 Å². The molecule has 0 fully saturated rings. The van der Waals surface area contributed by atoms with Gasteiger partial charge in [-0.3, -0.25) is 0 Å². The van der Waals surface area contributed by atoms with Gasteiger partial charge in [0, 0.05) is 39.3 Å². The molecule has 0 amide bonds. The van der Waals surface area contributed by atoms with Crippen LogP contribution in [0.3, 0.4) is 0 Å². The highest BCUT2D eigenvalue weighted by molar-refractivity contribution is 6.36. The van der Waals surface area contributed by atoms with Crippen LogP contribution in [0.4, 0.5) is 0 Å². The van der Waals surface area contributed by atoms with Crippen LogP contribution in [0.5, 0.6) is 0 Å². The molecule has 0 saturated heterocycles. The monoisotopic (exact) mass is 246 g/mol. The highest BCUT2D eigenvalue weighted by Crippen LogP contribution is 1.91. The van der Waals surface area contributed by atoms with Crippen LogP contribution in [0.2, 0.25) is 0 Å². The van der Waals surface area contributed by atoms with Crippen LogP contribution >= 0.6 is 0 Å². The van der Waals surface area contributed by atoms with Gasteiger partial charge in [-0.15, -0.1) is 0 Å². The van der Waals surface area contributed by atoms with Crippen molar-refractivity contribution in [2.24, 2.45) is 7.05 Å². The van der Waals surface area contributed by atoms with E-state index >= 15 is 0 Å². The van der Waals surface area contributed by atoms with Crippen molar-refractivity contribution in [3.63, 3.8) is 0 Å². The van der Waals surface area contributed by atoms with E-state index in [1.807, 2.05) is 38.6 Å². The first-order valence-electron chi connectivity index (χ1n) is 5.51. The summed E-state index contributed by atoms with van der Waals surface area (Å²) in [6.07, 6.45) is 5.39. The molecule has 0 saturated carbocycles. The smallest absolute Gasteiger partial charge is 0.376 e. The Hall–Kier alpha value is -0.693. The van der Waals surface area contributed by atoms with Crippen molar-refractivity contribution in [2.75, 3.05) is 19.8 Å². The van der Waals surface area contributed by atoms with Crippen molar-refractivity contribution in [2.45, 2.75) is 20.8 Å². The Balaban J connectivity index is 0.000000315. The zero-order valence-corrected chi connectivity index (χ0v) is 11.7. The van der Waals surface area contributed by atoms with E-state index in [2.05, 4.69) is 4.98 Å². The van der Waals surface area contributed by atoms with Gasteiger partial charge in [0.05, 0.1) is 6.33 Å². The highest BCUT2D eigenvalue weighted by atomic mass is 28.3. The molecule has 1 aromatic heterocycles. The number of hydrogen-bond donors (Lipinski definition) is 0. The van der Waals surface area contributed by atoms with Crippen molar-refractivity contribution < 1.29 is 13.3 Å². The topological polar surface area (TPSA) is 45.5 Å². The van der Waals surface area contributed by atoms with Gasteiger partial charge in [0.25, 0.3) is 0 Å². The molecule has 5 nitrogen and oxygen atoms in total. The van der Waals surface area contributed by atoms with Gasteiger partial charge in [0.2, 0.25) is 0 Å². The first-order valence-corrected chi connectivity index (χ1v) is 6.92. The third-order valence-electron chi connectivity index (χ3n) is 1.54. The second-order valence-corrected chi connectivity index (χ2v) is 4.46. The summed E-state index contributed by atoms with van der Waals surface area (Å²) in [7, 11) is 0.204. The number of hydrogen-bond acceptors (Lipinski definition) is 4. The summed E-state index contributed by atoms with van der Waals surface area (Å²) in [5.74, 6) is 0. The maximum atomic E-state index is 5.22. The summed E-state index contributed by atoms with van der Waals surface area (Å²) >= 11 is 0. The Morgan fingerprint density at radius 2 is 1.56 bits per heavy atom. The fourth-order valence-electron chi connectivity index (χ4n) is 0.878. The summed E-state index contributed by atoms with van der Waals surface area (Å²) in [6, 6.07) is 0. The molecule has 0 aromatic carbocycles. The van der Waals surface area contributed by atoms with Gasteiger partial charge in [-0.1, -0.05) is 0 Å². The van der Waals surface area contributed by atoms with Crippen LogP contribution in [0.15, 0.2) is 18.7 Å². The quantitative estimate of drug-likeness (QED) is 0.708. The Morgan fingerprint density at radius 1 is 1.06 bits per heavy atom. The lowest BCUT2D eigenvalue weighted by atomic mass is 10.9. The third kappa shape index (κ3) is 8.60. The lowest BCUT2D eigenvalue weighted by Crippen LogP contribution is -2.27. The lowest BCUT2D eigenvalue weighted by molar-refractivity contribution is 0.107. The van der Waals surface area contributed by atoms with E-state index in [1.165, 1.54) is 0 Å². The predicted octanol–water partition coefficient (Wildman–Crippen LogP) is 1.23. The van der Waals surface area contributed by atoms with Crippen molar-refractivity contribution >= 4 is 9.53 Å². The van der Waals surface area contributed by atoms with Gasteiger partial charge in [0.15, 0.2) is 0 Å². The Morgan fingerprint density at radius 3 is 1.75 bits per heavy atom. The minimum absolute atomic E-state index is 0.677. The molecule has 1 aromatic rings. The largest absolute Gasteiger partial charge is 0.484 e. The zero-order valence-electron chi connectivity index (χ0n) is 10.5. The zero-order chi connectivity index (χ0) is 12.2. The minimum Gasteiger partial charge on any atom is -0.376 e. The van der Waals surface area contributed by atoms with Gasteiger partial charge < -0.3 is 17.8 Å². The molecule has 0 aliphatic rings. The van der Waals surface area contributed by atoms with Gasteiger partial charge in [0.1, 0.15) is 0 Å². The second kappa shape index (κ2) is 10.8. The number of aryl methyl sites for hydroxylation is 1. The summed E-state index contributed by atoms with van der Waals surface area (Å²) < 4.78 is 17.5. The van der Waals surface area contributed by atoms with E-state index in [0.29, 0.717) is 19.8 Å². The SMILES string of the molecule is CCO[SiH](OCC)OCC.Cn1ccnc1. The third-order valence-corrected chi connectivity index (χ3v) is 3.36. The molecule has 94 valence electrons. The number of imidazole rings is 1. The van der Waals surface area contributed by atoms with Crippen LogP contribution in [-0.2, 0) is 20.3 Å². The van der Waals surface area contributed by atoms with Crippen molar-refractivity contribution in [1.82, 2.24) is 9.55 Å². The van der Waals surface area contributed by atoms with Gasteiger partial charge in [-0.25, -0.2) is 4.98 Å². The molecule has 0 radical (unpaired) electrons. The molecule has 0 unspecified atom stereocenters. The van der Waals surface area contributed by atoms with Crippen LogP contribution in [-0.4, -0.2) is 38.9 Å². The summed E-state index contributed by atoms with van der Waals surface area (Å²) in [4.78, 5) is 3.78. The summed E-state index contributed by atoms with van der Waals surface area (Å²) in [5.41, 5.74) is 0. The van der Waals surface area contributed by atoms with Gasteiger partial charge in [-0.05, 0) is 20.8 Å². The van der Waals surface area contributed by atoms with E-state index < -0.39 is 9.53 Å². The second-order valence-electron chi connectivity index (χ2n) is 2.88. The maximum absolute atomic E-state index is 5.22. The van der Waals surface area contributed by atoms with Crippen LogP contribution in [0, 0.1) is 0 Å². The molecule has 0 N–H and O–H groups in total. The Bertz CT molecular complexity index is 218. The van der Waals surface area contributed by atoms with Gasteiger partial charge in [-0.2, -0.15) is 0 Å². The molecule has 1 rings (SSSR count). The van der Waals surface area contributed by atoms with Gasteiger partial charge >= 0.3 is 9.53 Å². The Labute approximate surface area is 99.3 Å². The molecule has 0 aliphatic heterocycles. The number of rotatable bonds is 6. The maximum Gasteiger partial charge on any atom is 0.484 e. The van der Waals surface area contributed by atoms with E-state index in [-0.39, 0.29) is 0 Å². The van der Waals surface area contributed by atoms with Crippen molar-refractivity contribution in [3.05, 3.63) is 18.7 Å². The number of aromatic nitrogens is 2. The summed E-state index contributed by atoms with van der Waals surface area (Å²) in [5, 5.41) is 0. The standard InChI is InChI=1S/C6H16O3Si.C4H6N2/c1-4-7-10(8-5-2)9-6-3;1-6-3-2-5-4-6/h10H,4-6H2,1-3H3;2-4H,1H3. The molecular formula is C10H22N2O3Si. The minimum atomic E-state index is -1.73. The molecule has 0 aliphatic carbocycles. The molecule has 0 bridgehead atoms. The van der Waals surface area contributed by atoms with Crippen molar-refractivity contribution in [3.8, 4) is 0 Å². The normalized spacial score (nSPS) is 10.1. The molecule has 1 heterocycles. The first kappa shape index (κ1) is 15.3. The van der Waals surface area contributed by atoms with E-state index in [0.717, 1.165) is 0 Å². The fraction of sp³-hybridized carbons (Fsp3) is 0.700. The van der Waals surface area contributed by atoms with Crippen LogP contribution in [0.25, 0.3) is 0 Å². The van der Waals surface area contributed by atoms with Crippen LogP contribution < -0.4 is 0 Å². The lowest BCUT2D eigenvalue weighted by Gasteiger charge is -2.12. The first-order chi connectivity index (χ1) is 7.74. The van der Waals surface area contributed by atoms with E-state index in [1.54, 1.807) is 12.5 Å². The number of nitrogens with zero attached hydrogens (tertiary/aromatic N) is 2. The fourth-order valence-corrected chi connectivity index (χ4v) is 1.98. The Kier molecular flexibility index (Phi) is 10.3. The molecule has 0 atom stereocenters. The molecule has 6 heteroatoms. The van der Waals surface area contributed by atoms with E-state index in [4.69, 9.17) is 13.3 Å². The van der Waals surface area contributed by atoms with Crippen LogP contribution in [0.1, 0.15) is 20.8 Å².